The van der Waals surface area contributed by atoms with Crippen LogP contribution in [0.3, 0.4) is 0 Å². The Morgan fingerprint density at radius 3 is 2.56 bits per heavy atom. The summed E-state index contributed by atoms with van der Waals surface area (Å²) in [6, 6.07) is 6.75. The lowest BCUT2D eigenvalue weighted by molar-refractivity contribution is -0.132. The molecule has 0 radical (unpaired) electrons. The van der Waals surface area contributed by atoms with Crippen LogP contribution in [-0.2, 0) is 9.59 Å². The molecule has 1 aromatic rings. The lowest BCUT2D eigenvalue weighted by Crippen LogP contribution is -2.46. The molecule has 0 aromatic heterocycles. The second-order valence-electron chi connectivity index (χ2n) is 4.14. The standard InChI is InChI=1S/C13H17ClN2O2/c1-9(10-6-4-5-7-11(10)14)12(13(18)15-2)16(3)8-17/h4-9,12H,1-3H3,(H,15,18). The Morgan fingerprint density at radius 2 is 2.06 bits per heavy atom. The third-order valence-electron chi connectivity index (χ3n) is 2.99. The fraction of sp³-hybridized carbons (Fsp3) is 0.385. The summed E-state index contributed by atoms with van der Waals surface area (Å²) in [6.07, 6.45) is 0.646. The molecule has 0 bridgehead atoms. The molecule has 0 aliphatic rings. The van der Waals surface area contributed by atoms with E-state index in [2.05, 4.69) is 5.32 Å². The monoisotopic (exact) mass is 268 g/mol. The Hall–Kier alpha value is -1.55. The van der Waals surface area contributed by atoms with Gasteiger partial charge in [0, 0.05) is 25.0 Å². The van der Waals surface area contributed by atoms with E-state index in [-0.39, 0.29) is 11.8 Å². The van der Waals surface area contributed by atoms with Gasteiger partial charge in [-0.2, -0.15) is 0 Å². The summed E-state index contributed by atoms with van der Waals surface area (Å²) in [6.45, 7) is 1.88. The highest BCUT2D eigenvalue weighted by atomic mass is 35.5. The number of halogens is 1. The minimum Gasteiger partial charge on any atom is -0.357 e. The van der Waals surface area contributed by atoms with Crippen LogP contribution in [0.4, 0.5) is 0 Å². The molecule has 0 fully saturated rings. The van der Waals surface area contributed by atoms with Gasteiger partial charge in [-0.05, 0) is 11.6 Å². The number of hydrogen-bond acceptors (Lipinski definition) is 2. The average Bonchev–Trinajstić information content (AvgIpc) is 2.38. The van der Waals surface area contributed by atoms with Gasteiger partial charge in [0.15, 0.2) is 0 Å². The predicted octanol–water partition coefficient (Wildman–Crippen LogP) is 1.65. The summed E-state index contributed by atoms with van der Waals surface area (Å²) >= 11 is 6.12. The summed E-state index contributed by atoms with van der Waals surface area (Å²) in [5.74, 6) is -0.397. The first-order chi connectivity index (χ1) is 8.52. The number of hydrogen-bond donors (Lipinski definition) is 1. The van der Waals surface area contributed by atoms with Gasteiger partial charge in [-0.3, -0.25) is 9.59 Å². The maximum absolute atomic E-state index is 11.9. The van der Waals surface area contributed by atoms with Gasteiger partial charge in [0.1, 0.15) is 6.04 Å². The van der Waals surface area contributed by atoms with Gasteiger partial charge in [0.05, 0.1) is 0 Å². The molecule has 0 spiro atoms. The molecule has 1 rings (SSSR count). The topological polar surface area (TPSA) is 49.4 Å². The summed E-state index contributed by atoms with van der Waals surface area (Å²) in [5.41, 5.74) is 0.849. The van der Waals surface area contributed by atoms with Crippen molar-refractivity contribution < 1.29 is 9.59 Å². The zero-order chi connectivity index (χ0) is 13.7. The fourth-order valence-electron chi connectivity index (χ4n) is 1.99. The minimum atomic E-state index is -0.576. The Bertz CT molecular complexity index is 437. The van der Waals surface area contributed by atoms with Gasteiger partial charge < -0.3 is 10.2 Å². The molecule has 5 heteroatoms. The zero-order valence-corrected chi connectivity index (χ0v) is 11.4. The molecule has 1 aromatic carbocycles. The molecule has 4 nitrogen and oxygen atoms in total. The molecular formula is C13H17ClN2O2. The van der Waals surface area contributed by atoms with E-state index >= 15 is 0 Å². The lowest BCUT2D eigenvalue weighted by Gasteiger charge is -2.29. The number of likely N-dealkylation sites (N-methyl/N-ethyl adjacent to an activating group) is 2. The van der Waals surface area contributed by atoms with Crippen LogP contribution >= 0.6 is 11.6 Å². The van der Waals surface area contributed by atoms with Crippen molar-refractivity contribution >= 4 is 23.9 Å². The molecule has 0 heterocycles. The predicted molar refractivity (Wildman–Crippen MR) is 71.5 cm³/mol. The molecule has 0 aliphatic heterocycles. The maximum Gasteiger partial charge on any atom is 0.243 e. The van der Waals surface area contributed by atoms with E-state index in [1.165, 1.54) is 4.90 Å². The van der Waals surface area contributed by atoms with Crippen molar-refractivity contribution in [1.82, 2.24) is 10.2 Å². The molecule has 1 N–H and O–H groups in total. The average molecular weight is 269 g/mol. The van der Waals surface area contributed by atoms with Crippen LogP contribution in [0.2, 0.25) is 5.02 Å². The first kappa shape index (κ1) is 14.5. The number of rotatable bonds is 5. The molecular weight excluding hydrogens is 252 g/mol. The van der Waals surface area contributed by atoms with Crippen LogP contribution in [0.5, 0.6) is 0 Å². The number of carbonyl (C=O) groups is 2. The van der Waals surface area contributed by atoms with Crippen molar-refractivity contribution in [2.24, 2.45) is 0 Å². The van der Waals surface area contributed by atoms with Crippen LogP contribution in [0, 0.1) is 0 Å². The summed E-state index contributed by atoms with van der Waals surface area (Å²) in [4.78, 5) is 24.1. The zero-order valence-electron chi connectivity index (χ0n) is 10.7. The van der Waals surface area contributed by atoms with E-state index < -0.39 is 6.04 Å². The molecule has 2 atom stereocenters. The summed E-state index contributed by atoms with van der Waals surface area (Å²) in [7, 11) is 3.13. The molecule has 0 aliphatic carbocycles. The van der Waals surface area contributed by atoms with E-state index in [1.807, 2.05) is 25.1 Å². The number of amides is 2. The van der Waals surface area contributed by atoms with Gasteiger partial charge in [0.25, 0.3) is 0 Å². The van der Waals surface area contributed by atoms with Gasteiger partial charge in [-0.25, -0.2) is 0 Å². The summed E-state index contributed by atoms with van der Waals surface area (Å²) < 4.78 is 0. The Labute approximate surface area is 112 Å². The SMILES string of the molecule is CNC(=O)C(C(C)c1ccccc1Cl)N(C)C=O. The van der Waals surface area contributed by atoms with E-state index in [0.717, 1.165) is 5.56 Å². The van der Waals surface area contributed by atoms with E-state index in [4.69, 9.17) is 11.6 Å². The van der Waals surface area contributed by atoms with Gasteiger partial charge >= 0.3 is 0 Å². The molecule has 2 amide bonds. The van der Waals surface area contributed by atoms with Crippen molar-refractivity contribution in [1.29, 1.82) is 0 Å². The molecule has 0 saturated carbocycles. The third-order valence-corrected chi connectivity index (χ3v) is 3.33. The highest BCUT2D eigenvalue weighted by molar-refractivity contribution is 6.31. The van der Waals surface area contributed by atoms with Crippen LogP contribution in [0.15, 0.2) is 24.3 Å². The number of benzene rings is 1. The molecule has 18 heavy (non-hydrogen) atoms. The van der Waals surface area contributed by atoms with Gasteiger partial charge in [-0.15, -0.1) is 0 Å². The first-order valence-electron chi connectivity index (χ1n) is 5.66. The van der Waals surface area contributed by atoms with Gasteiger partial charge in [0.2, 0.25) is 12.3 Å². The fourth-order valence-corrected chi connectivity index (χ4v) is 2.30. The number of nitrogens with one attached hydrogen (secondary N) is 1. The second kappa shape index (κ2) is 6.40. The first-order valence-corrected chi connectivity index (χ1v) is 6.04. The lowest BCUT2D eigenvalue weighted by atomic mass is 9.92. The second-order valence-corrected chi connectivity index (χ2v) is 4.55. The third kappa shape index (κ3) is 3.01. The smallest absolute Gasteiger partial charge is 0.243 e. The van der Waals surface area contributed by atoms with Crippen LogP contribution < -0.4 is 5.32 Å². The molecule has 2 unspecified atom stereocenters. The van der Waals surface area contributed by atoms with E-state index in [0.29, 0.717) is 11.4 Å². The highest BCUT2D eigenvalue weighted by Crippen LogP contribution is 2.28. The van der Waals surface area contributed by atoms with Crippen molar-refractivity contribution in [2.75, 3.05) is 14.1 Å². The quantitative estimate of drug-likeness (QED) is 0.826. The van der Waals surface area contributed by atoms with Crippen molar-refractivity contribution in [3.8, 4) is 0 Å². The largest absolute Gasteiger partial charge is 0.357 e. The Morgan fingerprint density at radius 1 is 1.44 bits per heavy atom. The van der Waals surface area contributed by atoms with Gasteiger partial charge in [-0.1, -0.05) is 36.7 Å². The van der Waals surface area contributed by atoms with Crippen LogP contribution in [-0.4, -0.2) is 37.4 Å². The van der Waals surface area contributed by atoms with E-state index in [9.17, 15) is 9.59 Å². The number of nitrogens with zero attached hydrogens (tertiary/aromatic N) is 1. The minimum absolute atomic E-state index is 0.186. The van der Waals surface area contributed by atoms with Crippen molar-refractivity contribution in [3.05, 3.63) is 34.9 Å². The summed E-state index contributed by atoms with van der Waals surface area (Å²) in [5, 5.41) is 3.16. The number of carbonyl (C=O) groups excluding carboxylic acids is 2. The highest BCUT2D eigenvalue weighted by Gasteiger charge is 2.29. The normalized spacial score (nSPS) is 13.6. The van der Waals surface area contributed by atoms with Crippen molar-refractivity contribution in [2.45, 2.75) is 18.9 Å². The van der Waals surface area contributed by atoms with Crippen LogP contribution in [0.1, 0.15) is 18.4 Å². The Kier molecular flexibility index (Phi) is 5.16. The van der Waals surface area contributed by atoms with Crippen LogP contribution in [0.25, 0.3) is 0 Å². The van der Waals surface area contributed by atoms with Crippen molar-refractivity contribution in [3.63, 3.8) is 0 Å². The maximum atomic E-state index is 11.9. The molecule has 98 valence electrons. The van der Waals surface area contributed by atoms with E-state index in [1.54, 1.807) is 20.2 Å². The Balaban J connectivity index is 3.10. The molecule has 0 saturated heterocycles.